The minimum atomic E-state index is 0.676. The molecule has 0 aromatic heterocycles. The van der Waals surface area contributed by atoms with Crippen LogP contribution in [0.5, 0.6) is 0 Å². The summed E-state index contributed by atoms with van der Waals surface area (Å²) in [5, 5.41) is 2.46. The second-order valence-electron chi connectivity index (χ2n) is 4.22. The number of amidine groups is 1. The zero-order valence-electron chi connectivity index (χ0n) is 9.33. The monoisotopic (exact) mass is 210 g/mol. The molecule has 1 heterocycles. The Hall–Kier alpha value is -1.83. The Morgan fingerprint density at radius 3 is 2.88 bits per heavy atom. The van der Waals surface area contributed by atoms with E-state index < -0.39 is 0 Å². The molecule has 0 atom stereocenters. The van der Waals surface area contributed by atoms with Gasteiger partial charge < -0.3 is 5.73 Å². The minimum Gasteiger partial charge on any atom is -0.383 e. The Bertz CT molecular complexity index is 597. The van der Waals surface area contributed by atoms with Crippen molar-refractivity contribution in [1.82, 2.24) is 0 Å². The number of aliphatic imine (C=N–C) groups is 1. The molecule has 1 aliphatic heterocycles. The lowest BCUT2D eigenvalue weighted by molar-refractivity contribution is 0.922. The van der Waals surface area contributed by atoms with Crippen molar-refractivity contribution < 1.29 is 0 Å². The van der Waals surface area contributed by atoms with Crippen LogP contribution in [0.15, 0.2) is 35.3 Å². The molecule has 2 aromatic rings. The van der Waals surface area contributed by atoms with Crippen LogP contribution in [-0.2, 0) is 6.42 Å². The molecule has 0 unspecified atom stereocenters. The van der Waals surface area contributed by atoms with E-state index in [1.54, 1.807) is 0 Å². The first kappa shape index (κ1) is 9.40. The van der Waals surface area contributed by atoms with E-state index in [2.05, 4.69) is 30.1 Å². The van der Waals surface area contributed by atoms with Crippen molar-refractivity contribution in [3.63, 3.8) is 0 Å². The highest BCUT2D eigenvalue weighted by atomic mass is 14.9. The van der Waals surface area contributed by atoms with Crippen LogP contribution in [0.2, 0.25) is 0 Å². The molecule has 80 valence electrons. The molecule has 2 N–H and O–H groups in total. The van der Waals surface area contributed by atoms with Gasteiger partial charge in [-0.2, -0.15) is 0 Å². The zero-order valence-corrected chi connectivity index (χ0v) is 9.33. The van der Waals surface area contributed by atoms with Crippen LogP contribution in [0, 0.1) is 0 Å². The van der Waals surface area contributed by atoms with Gasteiger partial charge in [-0.1, -0.05) is 37.6 Å². The summed E-state index contributed by atoms with van der Waals surface area (Å²) in [6.07, 6.45) is 2.20. The first-order valence-corrected chi connectivity index (χ1v) is 5.70. The second-order valence-corrected chi connectivity index (χ2v) is 4.22. The first-order valence-electron chi connectivity index (χ1n) is 5.70. The lowest BCUT2D eigenvalue weighted by atomic mass is 9.96. The molecule has 0 bridgehead atoms. The van der Waals surface area contributed by atoms with Crippen LogP contribution in [0.25, 0.3) is 10.8 Å². The van der Waals surface area contributed by atoms with E-state index in [1.807, 2.05) is 12.1 Å². The summed E-state index contributed by atoms with van der Waals surface area (Å²) in [5.74, 6) is 0.676. The predicted octanol–water partition coefficient (Wildman–Crippen LogP) is 3.14. The van der Waals surface area contributed by atoms with E-state index >= 15 is 0 Å². The molecule has 0 radical (unpaired) electrons. The van der Waals surface area contributed by atoms with Crippen molar-refractivity contribution >= 4 is 22.3 Å². The number of benzene rings is 2. The largest absolute Gasteiger partial charge is 0.383 e. The highest BCUT2D eigenvalue weighted by molar-refractivity contribution is 6.19. The fraction of sp³-hybridized carbons (Fsp3) is 0.214. The Morgan fingerprint density at radius 2 is 2.06 bits per heavy atom. The van der Waals surface area contributed by atoms with Crippen LogP contribution in [0.4, 0.5) is 5.69 Å². The van der Waals surface area contributed by atoms with E-state index in [9.17, 15) is 0 Å². The van der Waals surface area contributed by atoms with E-state index in [-0.39, 0.29) is 0 Å². The number of nitrogens with two attached hydrogens (primary N) is 1. The minimum absolute atomic E-state index is 0.676. The third kappa shape index (κ3) is 1.16. The van der Waals surface area contributed by atoms with Crippen molar-refractivity contribution in [3.8, 4) is 0 Å². The molecule has 2 nitrogen and oxygen atoms in total. The molecule has 0 fully saturated rings. The lowest BCUT2D eigenvalue weighted by Gasteiger charge is -2.07. The molecule has 0 spiro atoms. The molecular formula is C14H14N2. The molecule has 1 aliphatic rings. The van der Waals surface area contributed by atoms with Gasteiger partial charge >= 0.3 is 0 Å². The van der Waals surface area contributed by atoms with Crippen molar-refractivity contribution in [2.75, 3.05) is 0 Å². The van der Waals surface area contributed by atoms with Crippen LogP contribution >= 0.6 is 0 Å². The third-order valence-electron chi connectivity index (χ3n) is 3.13. The summed E-state index contributed by atoms with van der Waals surface area (Å²) in [6.45, 7) is 2.19. The number of hydrogen-bond donors (Lipinski definition) is 1. The molecule has 3 rings (SSSR count). The van der Waals surface area contributed by atoms with Gasteiger partial charge in [0.2, 0.25) is 0 Å². The van der Waals surface area contributed by atoms with Crippen molar-refractivity contribution in [3.05, 3.63) is 41.5 Å². The van der Waals surface area contributed by atoms with Crippen LogP contribution in [0.3, 0.4) is 0 Å². The van der Waals surface area contributed by atoms with Gasteiger partial charge in [0.15, 0.2) is 0 Å². The van der Waals surface area contributed by atoms with Gasteiger partial charge in [0.25, 0.3) is 0 Å². The number of nitrogens with zero attached hydrogens (tertiary/aromatic N) is 1. The fourth-order valence-corrected chi connectivity index (χ4v) is 2.45. The molecule has 0 amide bonds. The van der Waals surface area contributed by atoms with E-state index in [0.717, 1.165) is 24.1 Å². The van der Waals surface area contributed by atoms with Gasteiger partial charge in [0.1, 0.15) is 5.84 Å². The van der Waals surface area contributed by atoms with Crippen molar-refractivity contribution in [2.24, 2.45) is 10.7 Å². The highest BCUT2D eigenvalue weighted by Gasteiger charge is 2.18. The summed E-state index contributed by atoms with van der Waals surface area (Å²) >= 11 is 0. The van der Waals surface area contributed by atoms with Crippen LogP contribution in [0.1, 0.15) is 24.5 Å². The number of aryl methyl sites for hydroxylation is 1. The number of hydrogen-bond acceptors (Lipinski definition) is 2. The van der Waals surface area contributed by atoms with Crippen molar-refractivity contribution in [2.45, 2.75) is 19.8 Å². The Labute approximate surface area is 94.8 Å². The predicted molar refractivity (Wildman–Crippen MR) is 68.3 cm³/mol. The van der Waals surface area contributed by atoms with E-state index in [4.69, 9.17) is 5.73 Å². The highest BCUT2D eigenvalue weighted by Crippen LogP contribution is 2.36. The molecule has 16 heavy (non-hydrogen) atoms. The summed E-state index contributed by atoms with van der Waals surface area (Å²) < 4.78 is 0. The summed E-state index contributed by atoms with van der Waals surface area (Å²) in [6, 6.07) is 10.5. The standard InChI is InChI=1S/C14H14N2/c1-2-4-9-7-8-10-5-3-6-11-12(10)13(9)14(15)16-11/h3,5-8H,2,4H2,1H3,(H2,15,16). The van der Waals surface area contributed by atoms with Crippen LogP contribution in [-0.4, -0.2) is 5.84 Å². The molecule has 2 aromatic carbocycles. The average Bonchev–Trinajstić information content (AvgIpc) is 2.62. The number of rotatable bonds is 2. The van der Waals surface area contributed by atoms with Gasteiger partial charge in [0, 0.05) is 10.9 Å². The Kier molecular flexibility index (Phi) is 1.96. The Balaban J connectivity index is 2.38. The van der Waals surface area contributed by atoms with Crippen LogP contribution < -0.4 is 5.73 Å². The average molecular weight is 210 g/mol. The van der Waals surface area contributed by atoms with Gasteiger partial charge in [0.05, 0.1) is 5.69 Å². The van der Waals surface area contributed by atoms with Gasteiger partial charge in [-0.15, -0.1) is 0 Å². The normalized spacial score (nSPS) is 13.2. The fourth-order valence-electron chi connectivity index (χ4n) is 2.45. The quantitative estimate of drug-likeness (QED) is 0.812. The smallest absolute Gasteiger partial charge is 0.132 e. The summed E-state index contributed by atoms with van der Waals surface area (Å²) in [5.41, 5.74) is 9.52. The maximum Gasteiger partial charge on any atom is 0.132 e. The maximum atomic E-state index is 6.02. The molecule has 0 saturated carbocycles. The van der Waals surface area contributed by atoms with E-state index in [1.165, 1.54) is 16.3 Å². The summed E-state index contributed by atoms with van der Waals surface area (Å²) in [7, 11) is 0. The first-order chi connectivity index (χ1) is 7.81. The molecule has 0 saturated heterocycles. The molecule has 2 heteroatoms. The lowest BCUT2D eigenvalue weighted by Crippen LogP contribution is -2.12. The van der Waals surface area contributed by atoms with E-state index in [0.29, 0.717) is 5.84 Å². The van der Waals surface area contributed by atoms with Gasteiger partial charge in [-0.05, 0) is 23.4 Å². The zero-order chi connectivity index (χ0) is 11.1. The molecule has 0 aliphatic carbocycles. The maximum absolute atomic E-state index is 6.02. The SMILES string of the molecule is CCCc1ccc2cccc3c2c1C(N)=N3. The summed E-state index contributed by atoms with van der Waals surface area (Å²) in [4.78, 5) is 4.43. The second kappa shape index (κ2) is 3.34. The van der Waals surface area contributed by atoms with Gasteiger partial charge in [-0.25, -0.2) is 4.99 Å². The topological polar surface area (TPSA) is 38.4 Å². The molecular weight excluding hydrogens is 196 g/mol. The Morgan fingerprint density at radius 1 is 1.19 bits per heavy atom. The van der Waals surface area contributed by atoms with Crippen molar-refractivity contribution in [1.29, 1.82) is 0 Å². The van der Waals surface area contributed by atoms with Gasteiger partial charge in [-0.3, -0.25) is 0 Å². The third-order valence-corrected chi connectivity index (χ3v) is 3.13.